The summed E-state index contributed by atoms with van der Waals surface area (Å²) in [6.07, 6.45) is 0. The molecule has 2 heterocycles. The molecular formula is C14H12N2O3. The maximum Gasteiger partial charge on any atom is 0.374 e. The lowest BCUT2D eigenvalue weighted by Crippen LogP contribution is -1.91. The lowest BCUT2D eigenvalue weighted by molar-refractivity contribution is 0.0652. The van der Waals surface area contributed by atoms with Gasteiger partial charge >= 0.3 is 5.97 Å². The summed E-state index contributed by atoms with van der Waals surface area (Å²) in [6, 6.07) is 7.27. The molecule has 2 aromatic heterocycles. The number of hydrogen-bond acceptors (Lipinski definition) is 3. The number of carboxylic acid groups (broad SMARTS) is 1. The van der Waals surface area contributed by atoms with Crippen molar-refractivity contribution in [2.75, 3.05) is 0 Å². The van der Waals surface area contributed by atoms with Crippen LogP contribution in [-0.4, -0.2) is 21.2 Å². The number of aromatic amines is 1. The molecule has 5 nitrogen and oxygen atoms in total. The molecule has 0 spiro atoms. The van der Waals surface area contributed by atoms with Crippen LogP contribution in [-0.2, 0) is 0 Å². The van der Waals surface area contributed by atoms with Crippen molar-refractivity contribution in [1.82, 2.24) is 10.1 Å². The number of H-pyrrole nitrogens is 1. The van der Waals surface area contributed by atoms with Gasteiger partial charge in [-0.1, -0.05) is 23.4 Å². The number of nitrogens with one attached hydrogen (secondary N) is 1. The molecule has 3 aromatic rings. The number of aryl methyl sites for hydroxylation is 2. The third-order valence-corrected chi connectivity index (χ3v) is 3.34. The van der Waals surface area contributed by atoms with E-state index < -0.39 is 5.97 Å². The maximum atomic E-state index is 10.8. The first kappa shape index (κ1) is 11.5. The molecule has 0 aliphatic heterocycles. The molecule has 0 fully saturated rings. The molecule has 0 radical (unpaired) electrons. The Balaban J connectivity index is 2.24. The van der Waals surface area contributed by atoms with Gasteiger partial charge in [0.2, 0.25) is 5.76 Å². The minimum absolute atomic E-state index is 0.160. The van der Waals surface area contributed by atoms with Gasteiger partial charge in [-0.25, -0.2) is 4.79 Å². The monoisotopic (exact) mass is 256 g/mol. The highest BCUT2D eigenvalue weighted by Crippen LogP contribution is 2.30. The van der Waals surface area contributed by atoms with E-state index in [-0.39, 0.29) is 5.76 Å². The normalized spacial score (nSPS) is 11.1. The van der Waals surface area contributed by atoms with Crippen LogP contribution in [0.3, 0.4) is 0 Å². The van der Waals surface area contributed by atoms with Gasteiger partial charge in [-0.3, -0.25) is 0 Å². The largest absolute Gasteiger partial charge is 0.475 e. The second-order valence-corrected chi connectivity index (χ2v) is 4.48. The molecule has 0 aliphatic carbocycles. The summed E-state index contributed by atoms with van der Waals surface area (Å²) in [7, 11) is 0. The van der Waals surface area contributed by atoms with Gasteiger partial charge in [0.1, 0.15) is 5.69 Å². The fraction of sp³-hybridized carbons (Fsp3) is 0.143. The summed E-state index contributed by atoms with van der Waals surface area (Å²) in [6.45, 7) is 4.05. The smallest absolute Gasteiger partial charge is 0.374 e. The molecule has 1 aromatic carbocycles. The topological polar surface area (TPSA) is 79.1 Å². The van der Waals surface area contributed by atoms with Crippen molar-refractivity contribution in [3.8, 4) is 11.3 Å². The van der Waals surface area contributed by atoms with Crippen LogP contribution in [0.5, 0.6) is 0 Å². The second kappa shape index (κ2) is 3.98. The van der Waals surface area contributed by atoms with Crippen LogP contribution < -0.4 is 0 Å². The van der Waals surface area contributed by atoms with Crippen molar-refractivity contribution in [3.05, 3.63) is 41.3 Å². The molecule has 19 heavy (non-hydrogen) atoms. The quantitative estimate of drug-likeness (QED) is 0.738. The molecule has 3 rings (SSSR count). The van der Waals surface area contributed by atoms with Gasteiger partial charge in [0.05, 0.1) is 5.52 Å². The van der Waals surface area contributed by atoms with Gasteiger partial charge in [-0.05, 0) is 19.4 Å². The number of carbonyl (C=O) groups is 1. The van der Waals surface area contributed by atoms with Crippen molar-refractivity contribution in [1.29, 1.82) is 0 Å². The first-order valence-electron chi connectivity index (χ1n) is 5.86. The molecule has 0 amide bonds. The highest BCUT2D eigenvalue weighted by atomic mass is 16.5. The minimum Gasteiger partial charge on any atom is -0.475 e. The molecule has 0 bridgehead atoms. The summed E-state index contributed by atoms with van der Waals surface area (Å²) >= 11 is 0. The number of aromatic carboxylic acids is 1. The number of hydrogen-bond donors (Lipinski definition) is 2. The highest BCUT2D eigenvalue weighted by Gasteiger charge is 2.15. The third kappa shape index (κ3) is 1.71. The Morgan fingerprint density at radius 1 is 1.37 bits per heavy atom. The number of para-hydroxylation sites is 1. The standard InChI is InChI=1S/C14H12N2O3/c1-7-8(2)15-13-9(7)4-3-5-10(13)11-6-12(14(17)18)19-16-11/h3-6,15H,1-2H3,(H,17,18). The van der Waals surface area contributed by atoms with E-state index in [9.17, 15) is 4.79 Å². The van der Waals surface area contributed by atoms with E-state index in [1.165, 1.54) is 11.6 Å². The summed E-state index contributed by atoms with van der Waals surface area (Å²) in [4.78, 5) is 14.1. The number of aromatic nitrogens is 2. The zero-order chi connectivity index (χ0) is 13.6. The Morgan fingerprint density at radius 2 is 2.16 bits per heavy atom. The van der Waals surface area contributed by atoms with Gasteiger partial charge in [0, 0.05) is 22.7 Å². The lowest BCUT2D eigenvalue weighted by Gasteiger charge is -1.98. The van der Waals surface area contributed by atoms with E-state index in [1.807, 2.05) is 32.0 Å². The fourth-order valence-corrected chi connectivity index (χ4v) is 2.20. The number of rotatable bonds is 2. The Kier molecular flexibility index (Phi) is 2.41. The molecule has 96 valence electrons. The van der Waals surface area contributed by atoms with E-state index in [1.54, 1.807) is 0 Å². The molecule has 2 N–H and O–H groups in total. The van der Waals surface area contributed by atoms with Gasteiger partial charge < -0.3 is 14.6 Å². The molecule has 0 saturated heterocycles. The van der Waals surface area contributed by atoms with E-state index in [2.05, 4.69) is 10.1 Å². The first-order chi connectivity index (χ1) is 9.08. The molecular weight excluding hydrogens is 244 g/mol. The Labute approximate surface area is 108 Å². The van der Waals surface area contributed by atoms with Crippen LogP contribution >= 0.6 is 0 Å². The summed E-state index contributed by atoms with van der Waals surface area (Å²) in [5.41, 5.74) is 4.57. The number of carboxylic acids is 1. The fourth-order valence-electron chi connectivity index (χ4n) is 2.20. The number of nitrogens with zero attached hydrogens (tertiary/aromatic N) is 1. The molecule has 0 saturated carbocycles. The predicted molar refractivity (Wildman–Crippen MR) is 70.2 cm³/mol. The van der Waals surface area contributed by atoms with E-state index in [0.29, 0.717) is 5.69 Å². The van der Waals surface area contributed by atoms with Gasteiger partial charge in [0.15, 0.2) is 0 Å². The van der Waals surface area contributed by atoms with Gasteiger partial charge in [-0.15, -0.1) is 0 Å². The van der Waals surface area contributed by atoms with Crippen LogP contribution in [0.25, 0.3) is 22.2 Å². The minimum atomic E-state index is -1.12. The van der Waals surface area contributed by atoms with Gasteiger partial charge in [-0.2, -0.15) is 0 Å². The SMILES string of the molecule is Cc1[nH]c2c(-c3cc(C(=O)O)on3)cccc2c1C. The molecule has 0 unspecified atom stereocenters. The predicted octanol–water partition coefficient (Wildman–Crippen LogP) is 3.14. The zero-order valence-electron chi connectivity index (χ0n) is 10.5. The van der Waals surface area contributed by atoms with Crippen molar-refractivity contribution in [2.24, 2.45) is 0 Å². The van der Waals surface area contributed by atoms with E-state index in [0.717, 1.165) is 22.2 Å². The Bertz CT molecular complexity index is 783. The van der Waals surface area contributed by atoms with Crippen LogP contribution in [0.4, 0.5) is 0 Å². The number of fused-ring (bicyclic) bond motifs is 1. The van der Waals surface area contributed by atoms with Crippen molar-refractivity contribution >= 4 is 16.9 Å². The van der Waals surface area contributed by atoms with Crippen LogP contribution in [0.1, 0.15) is 21.8 Å². The summed E-state index contributed by atoms with van der Waals surface area (Å²) < 4.78 is 4.80. The van der Waals surface area contributed by atoms with E-state index in [4.69, 9.17) is 9.63 Å². The maximum absolute atomic E-state index is 10.8. The Hall–Kier alpha value is -2.56. The molecule has 0 aliphatic rings. The van der Waals surface area contributed by atoms with E-state index >= 15 is 0 Å². The van der Waals surface area contributed by atoms with Crippen LogP contribution in [0, 0.1) is 13.8 Å². The van der Waals surface area contributed by atoms with Crippen LogP contribution in [0.15, 0.2) is 28.8 Å². The van der Waals surface area contributed by atoms with Crippen molar-refractivity contribution in [3.63, 3.8) is 0 Å². The molecule has 5 heteroatoms. The summed E-state index contributed by atoms with van der Waals surface area (Å²) in [5, 5.41) is 13.8. The lowest BCUT2D eigenvalue weighted by atomic mass is 10.1. The first-order valence-corrected chi connectivity index (χ1v) is 5.86. The van der Waals surface area contributed by atoms with Crippen LogP contribution in [0.2, 0.25) is 0 Å². The Morgan fingerprint density at radius 3 is 2.84 bits per heavy atom. The summed E-state index contributed by atoms with van der Waals surface area (Å²) in [5.74, 6) is -1.28. The molecule has 0 atom stereocenters. The van der Waals surface area contributed by atoms with Crippen molar-refractivity contribution < 1.29 is 14.4 Å². The average molecular weight is 256 g/mol. The zero-order valence-corrected chi connectivity index (χ0v) is 10.5. The average Bonchev–Trinajstić information content (AvgIpc) is 2.96. The number of benzene rings is 1. The highest BCUT2D eigenvalue weighted by molar-refractivity contribution is 5.96. The van der Waals surface area contributed by atoms with Gasteiger partial charge in [0.25, 0.3) is 0 Å². The third-order valence-electron chi connectivity index (χ3n) is 3.34. The second-order valence-electron chi connectivity index (χ2n) is 4.48. The van der Waals surface area contributed by atoms with Crippen molar-refractivity contribution in [2.45, 2.75) is 13.8 Å².